The van der Waals surface area contributed by atoms with Crippen LogP contribution in [0.25, 0.3) is 10.8 Å². The SMILES string of the molecule is O=C1C(Cc2cccc3ccccc23)C(c2ccccc2)=NN1c1ccccc1. The Balaban J connectivity index is 1.58. The topological polar surface area (TPSA) is 32.7 Å². The molecule has 5 rings (SSSR count). The normalized spacial score (nSPS) is 16.3. The fraction of sp³-hybridized carbons (Fsp3) is 0.0769. The van der Waals surface area contributed by atoms with Gasteiger partial charge in [-0.05, 0) is 40.5 Å². The minimum atomic E-state index is -0.316. The lowest BCUT2D eigenvalue weighted by atomic mass is 9.88. The van der Waals surface area contributed by atoms with E-state index < -0.39 is 0 Å². The number of anilines is 1. The number of carbonyl (C=O) groups excluding carboxylic acids is 1. The number of fused-ring (bicyclic) bond motifs is 1. The number of amides is 1. The smallest absolute Gasteiger partial charge is 0.256 e. The number of carbonyl (C=O) groups is 1. The van der Waals surface area contributed by atoms with Crippen molar-refractivity contribution >= 4 is 28.1 Å². The van der Waals surface area contributed by atoms with Crippen LogP contribution in [0.3, 0.4) is 0 Å². The molecule has 1 aliphatic rings. The molecule has 0 saturated carbocycles. The molecule has 4 aromatic carbocycles. The lowest BCUT2D eigenvalue weighted by Gasteiger charge is -2.15. The van der Waals surface area contributed by atoms with Gasteiger partial charge in [-0.25, -0.2) is 0 Å². The van der Waals surface area contributed by atoms with Crippen LogP contribution in [0.4, 0.5) is 5.69 Å². The predicted molar refractivity (Wildman–Crippen MR) is 118 cm³/mol. The number of hydrogen-bond acceptors (Lipinski definition) is 2. The lowest BCUT2D eigenvalue weighted by molar-refractivity contribution is -0.119. The summed E-state index contributed by atoms with van der Waals surface area (Å²) < 4.78 is 0. The van der Waals surface area contributed by atoms with E-state index in [4.69, 9.17) is 5.10 Å². The molecule has 0 aliphatic carbocycles. The number of rotatable bonds is 4. The van der Waals surface area contributed by atoms with Crippen molar-refractivity contribution in [2.45, 2.75) is 6.42 Å². The van der Waals surface area contributed by atoms with Crippen LogP contribution in [0.1, 0.15) is 11.1 Å². The molecule has 0 saturated heterocycles. The first-order valence-electron chi connectivity index (χ1n) is 9.81. The van der Waals surface area contributed by atoms with E-state index in [1.54, 1.807) is 5.01 Å². The first-order valence-corrected chi connectivity index (χ1v) is 9.81. The van der Waals surface area contributed by atoms with E-state index in [0.717, 1.165) is 17.0 Å². The monoisotopic (exact) mass is 376 g/mol. The molecule has 3 heteroatoms. The Kier molecular flexibility index (Phi) is 4.41. The van der Waals surface area contributed by atoms with Crippen molar-refractivity contribution in [2.24, 2.45) is 11.0 Å². The van der Waals surface area contributed by atoms with E-state index in [2.05, 4.69) is 30.3 Å². The van der Waals surface area contributed by atoms with Gasteiger partial charge in [-0.15, -0.1) is 0 Å². The molecule has 4 aromatic rings. The third-order valence-corrected chi connectivity index (χ3v) is 5.42. The largest absolute Gasteiger partial charge is 0.272 e. The van der Waals surface area contributed by atoms with Crippen molar-refractivity contribution < 1.29 is 4.79 Å². The molecule has 140 valence electrons. The molecule has 0 bridgehead atoms. The van der Waals surface area contributed by atoms with Crippen LogP contribution in [-0.2, 0) is 11.2 Å². The van der Waals surface area contributed by atoms with Gasteiger partial charge in [0.15, 0.2) is 0 Å². The Bertz CT molecular complexity index is 1190. The minimum Gasteiger partial charge on any atom is -0.272 e. The first-order chi connectivity index (χ1) is 14.3. The number of hydrazone groups is 1. The van der Waals surface area contributed by atoms with E-state index in [1.165, 1.54) is 16.3 Å². The van der Waals surface area contributed by atoms with E-state index in [1.807, 2.05) is 72.8 Å². The summed E-state index contributed by atoms with van der Waals surface area (Å²) >= 11 is 0. The van der Waals surface area contributed by atoms with E-state index in [9.17, 15) is 4.79 Å². The molecule has 1 heterocycles. The zero-order valence-electron chi connectivity index (χ0n) is 15.9. The van der Waals surface area contributed by atoms with E-state index >= 15 is 0 Å². The quantitative estimate of drug-likeness (QED) is 0.466. The van der Waals surface area contributed by atoms with Gasteiger partial charge in [0.2, 0.25) is 0 Å². The number of nitrogens with zero attached hydrogens (tertiary/aromatic N) is 2. The average Bonchev–Trinajstić information content (AvgIpc) is 3.11. The van der Waals surface area contributed by atoms with E-state index in [0.29, 0.717) is 6.42 Å². The highest BCUT2D eigenvalue weighted by atomic mass is 16.2. The molecule has 0 spiro atoms. The van der Waals surface area contributed by atoms with Gasteiger partial charge in [-0.1, -0.05) is 91.0 Å². The van der Waals surface area contributed by atoms with Gasteiger partial charge in [-0.3, -0.25) is 4.79 Å². The molecule has 1 atom stereocenters. The van der Waals surface area contributed by atoms with Gasteiger partial charge in [0.25, 0.3) is 5.91 Å². The third kappa shape index (κ3) is 3.21. The summed E-state index contributed by atoms with van der Waals surface area (Å²) in [7, 11) is 0. The van der Waals surface area contributed by atoms with Gasteiger partial charge in [0.1, 0.15) is 0 Å². The fourth-order valence-electron chi connectivity index (χ4n) is 3.99. The van der Waals surface area contributed by atoms with E-state index in [-0.39, 0.29) is 11.8 Å². The van der Waals surface area contributed by atoms with Gasteiger partial charge < -0.3 is 0 Å². The zero-order chi connectivity index (χ0) is 19.6. The molecule has 0 radical (unpaired) electrons. The molecule has 1 unspecified atom stereocenters. The molecular weight excluding hydrogens is 356 g/mol. The minimum absolute atomic E-state index is 0.0167. The standard InChI is InChI=1S/C26H20N2O/c29-26-24(18-21-14-9-13-19-10-7-8-17-23(19)21)25(20-11-3-1-4-12-20)27-28(26)22-15-5-2-6-16-22/h1-17,24H,18H2. The molecule has 1 amide bonds. The van der Waals surface area contributed by atoms with Gasteiger partial charge >= 0.3 is 0 Å². The second-order valence-corrected chi connectivity index (χ2v) is 7.23. The average molecular weight is 376 g/mol. The highest BCUT2D eigenvalue weighted by Crippen LogP contribution is 2.30. The highest BCUT2D eigenvalue weighted by molar-refractivity contribution is 6.21. The van der Waals surface area contributed by atoms with Crippen molar-refractivity contribution in [3.05, 3.63) is 114 Å². The van der Waals surface area contributed by atoms with Crippen LogP contribution in [0.15, 0.2) is 108 Å². The Labute approximate surface area is 169 Å². The summed E-state index contributed by atoms with van der Waals surface area (Å²) in [5, 5.41) is 8.70. The van der Waals surface area contributed by atoms with Crippen LogP contribution in [0.5, 0.6) is 0 Å². The summed E-state index contributed by atoms with van der Waals surface area (Å²) in [5.74, 6) is -0.300. The van der Waals surface area contributed by atoms with Crippen molar-refractivity contribution in [1.29, 1.82) is 0 Å². The maximum atomic E-state index is 13.4. The molecule has 29 heavy (non-hydrogen) atoms. The van der Waals surface area contributed by atoms with Crippen LogP contribution >= 0.6 is 0 Å². The Hall–Kier alpha value is -3.72. The van der Waals surface area contributed by atoms with Crippen molar-refractivity contribution in [2.75, 3.05) is 5.01 Å². The van der Waals surface area contributed by atoms with Crippen molar-refractivity contribution in [3.8, 4) is 0 Å². The summed E-state index contributed by atoms with van der Waals surface area (Å²) in [6, 6.07) is 34.3. The molecule has 0 fully saturated rings. The van der Waals surface area contributed by atoms with Gasteiger partial charge in [0, 0.05) is 0 Å². The number of para-hydroxylation sites is 1. The fourth-order valence-corrected chi connectivity index (χ4v) is 3.99. The molecule has 0 N–H and O–H groups in total. The summed E-state index contributed by atoms with van der Waals surface area (Å²) in [5.41, 5.74) is 3.78. The van der Waals surface area contributed by atoms with Crippen LogP contribution in [0.2, 0.25) is 0 Å². The summed E-state index contributed by atoms with van der Waals surface area (Å²) in [4.78, 5) is 13.4. The molecule has 3 nitrogen and oxygen atoms in total. The molecule has 0 aromatic heterocycles. The molecular formula is C26H20N2O. The molecule has 1 aliphatic heterocycles. The summed E-state index contributed by atoms with van der Waals surface area (Å²) in [6.07, 6.45) is 0.622. The Morgan fingerprint density at radius 2 is 1.38 bits per heavy atom. The van der Waals surface area contributed by atoms with Crippen LogP contribution in [-0.4, -0.2) is 11.6 Å². The van der Waals surface area contributed by atoms with Crippen LogP contribution in [0, 0.1) is 5.92 Å². The maximum absolute atomic E-state index is 13.4. The second-order valence-electron chi connectivity index (χ2n) is 7.23. The lowest BCUT2D eigenvalue weighted by Crippen LogP contribution is -2.29. The van der Waals surface area contributed by atoms with Crippen LogP contribution < -0.4 is 5.01 Å². The van der Waals surface area contributed by atoms with Gasteiger partial charge in [-0.2, -0.15) is 10.1 Å². The number of benzene rings is 4. The zero-order valence-corrected chi connectivity index (χ0v) is 15.9. The van der Waals surface area contributed by atoms with Crippen molar-refractivity contribution in [1.82, 2.24) is 0 Å². The second kappa shape index (κ2) is 7.36. The third-order valence-electron chi connectivity index (χ3n) is 5.42. The Morgan fingerprint density at radius 1 is 0.724 bits per heavy atom. The highest BCUT2D eigenvalue weighted by Gasteiger charge is 2.37. The maximum Gasteiger partial charge on any atom is 0.256 e. The first kappa shape index (κ1) is 17.4. The van der Waals surface area contributed by atoms with Crippen molar-refractivity contribution in [3.63, 3.8) is 0 Å². The Morgan fingerprint density at radius 3 is 2.17 bits per heavy atom. The van der Waals surface area contributed by atoms with Gasteiger partial charge in [0.05, 0.1) is 17.3 Å². The predicted octanol–water partition coefficient (Wildman–Crippen LogP) is 5.45. The number of hydrogen-bond donors (Lipinski definition) is 0. The summed E-state index contributed by atoms with van der Waals surface area (Å²) in [6.45, 7) is 0.